The molecule has 0 aliphatic heterocycles. The van der Waals surface area contributed by atoms with Crippen LogP contribution in [0.5, 0.6) is 5.75 Å². The number of nitrogens with one attached hydrogen (secondary N) is 1. The molecule has 0 spiro atoms. The van der Waals surface area contributed by atoms with Gasteiger partial charge >= 0.3 is 0 Å². The first kappa shape index (κ1) is 14.5. The fraction of sp³-hybridized carbons (Fsp3) is 0.462. The van der Waals surface area contributed by atoms with E-state index in [2.05, 4.69) is 19.3 Å². The monoisotopic (exact) mass is 252 g/mol. The zero-order chi connectivity index (χ0) is 13.5. The second-order valence-corrected chi connectivity index (χ2v) is 4.29. The molecule has 0 saturated carbocycles. The molecule has 0 aromatic heterocycles. The number of hydrogen-bond donors (Lipinski definition) is 2. The third kappa shape index (κ3) is 4.01. The smallest absolute Gasteiger partial charge is 0.277 e. The van der Waals surface area contributed by atoms with E-state index in [-0.39, 0.29) is 6.61 Å². The van der Waals surface area contributed by atoms with Crippen molar-refractivity contribution in [2.45, 2.75) is 25.9 Å². The van der Waals surface area contributed by atoms with Gasteiger partial charge < -0.3 is 9.47 Å². The van der Waals surface area contributed by atoms with E-state index in [0.717, 1.165) is 0 Å². The van der Waals surface area contributed by atoms with Crippen LogP contribution in [0.2, 0.25) is 0 Å². The minimum absolute atomic E-state index is 0.148. The van der Waals surface area contributed by atoms with E-state index in [1.54, 1.807) is 0 Å². The molecule has 1 aromatic rings. The van der Waals surface area contributed by atoms with Gasteiger partial charge in [0.25, 0.3) is 5.91 Å². The Balaban J connectivity index is 2.71. The lowest BCUT2D eigenvalue weighted by Gasteiger charge is -2.17. The number of carbonyl (C=O) groups is 1. The minimum Gasteiger partial charge on any atom is -0.478 e. The Hall–Kier alpha value is -1.59. The van der Waals surface area contributed by atoms with Crippen molar-refractivity contribution in [1.82, 2.24) is 5.43 Å². The number of methoxy groups -OCH3 is 1. The fourth-order valence-electron chi connectivity index (χ4n) is 1.50. The van der Waals surface area contributed by atoms with Crippen LogP contribution in [-0.2, 0) is 9.53 Å². The van der Waals surface area contributed by atoms with Crippen LogP contribution in [-0.4, -0.2) is 25.7 Å². The summed E-state index contributed by atoms with van der Waals surface area (Å²) < 4.78 is 10.4. The highest BCUT2D eigenvalue weighted by molar-refractivity contribution is 5.80. The first-order chi connectivity index (χ1) is 8.58. The molecule has 5 nitrogen and oxygen atoms in total. The number of amides is 1. The van der Waals surface area contributed by atoms with Gasteiger partial charge in [0.1, 0.15) is 5.75 Å². The molecule has 0 aliphatic carbocycles. The summed E-state index contributed by atoms with van der Waals surface area (Å²) in [5, 5.41) is 0. The van der Waals surface area contributed by atoms with Crippen LogP contribution >= 0.6 is 0 Å². The number of carbonyl (C=O) groups excluding carboxylic acids is 1. The molecule has 5 heteroatoms. The van der Waals surface area contributed by atoms with Gasteiger partial charge in [-0.15, -0.1) is 0 Å². The van der Waals surface area contributed by atoms with Crippen molar-refractivity contribution in [2.24, 2.45) is 5.84 Å². The normalized spacial score (nSPS) is 12.3. The van der Waals surface area contributed by atoms with Crippen molar-refractivity contribution < 1.29 is 14.3 Å². The number of hydrazine groups is 1. The molecule has 1 amide bonds. The van der Waals surface area contributed by atoms with Crippen molar-refractivity contribution in [3.63, 3.8) is 0 Å². The highest BCUT2D eigenvalue weighted by Crippen LogP contribution is 2.19. The van der Waals surface area contributed by atoms with Crippen LogP contribution in [0.4, 0.5) is 0 Å². The Morgan fingerprint density at radius 2 is 1.94 bits per heavy atom. The summed E-state index contributed by atoms with van der Waals surface area (Å²) in [6.45, 7) is 4.38. The maximum absolute atomic E-state index is 11.4. The summed E-state index contributed by atoms with van der Waals surface area (Å²) in [6.07, 6.45) is -0.745. The third-order valence-corrected chi connectivity index (χ3v) is 2.58. The molecule has 0 saturated heterocycles. The largest absolute Gasteiger partial charge is 0.478 e. The van der Waals surface area contributed by atoms with E-state index >= 15 is 0 Å². The number of nitrogens with two attached hydrogens (primary N) is 1. The zero-order valence-corrected chi connectivity index (χ0v) is 11.0. The van der Waals surface area contributed by atoms with Crippen LogP contribution in [0.3, 0.4) is 0 Å². The van der Waals surface area contributed by atoms with E-state index in [0.29, 0.717) is 11.7 Å². The van der Waals surface area contributed by atoms with Crippen LogP contribution < -0.4 is 16.0 Å². The standard InChI is InChI=1S/C13H20N2O3/c1-9(2)10-4-6-11(7-5-10)18-12(8-17-3)13(16)15-14/h4-7,9,12H,8,14H2,1-3H3,(H,15,16). The first-order valence-electron chi connectivity index (χ1n) is 5.84. The average molecular weight is 252 g/mol. The summed E-state index contributed by atoms with van der Waals surface area (Å²) in [7, 11) is 1.50. The van der Waals surface area contributed by atoms with Crippen molar-refractivity contribution in [2.75, 3.05) is 13.7 Å². The maximum atomic E-state index is 11.4. The van der Waals surface area contributed by atoms with E-state index in [1.807, 2.05) is 24.3 Å². The van der Waals surface area contributed by atoms with E-state index in [9.17, 15) is 4.79 Å². The molecule has 0 fully saturated rings. The second-order valence-electron chi connectivity index (χ2n) is 4.29. The molecule has 100 valence electrons. The second kappa shape index (κ2) is 6.98. The van der Waals surface area contributed by atoms with Crippen molar-refractivity contribution in [1.29, 1.82) is 0 Å². The Morgan fingerprint density at radius 3 is 2.39 bits per heavy atom. The van der Waals surface area contributed by atoms with Crippen LogP contribution in [0.15, 0.2) is 24.3 Å². The number of rotatable bonds is 6. The van der Waals surface area contributed by atoms with E-state index in [4.69, 9.17) is 15.3 Å². The van der Waals surface area contributed by atoms with Crippen LogP contribution in [0.1, 0.15) is 25.3 Å². The van der Waals surface area contributed by atoms with Gasteiger partial charge in [0.2, 0.25) is 6.10 Å². The first-order valence-corrected chi connectivity index (χ1v) is 5.84. The SMILES string of the molecule is COCC(Oc1ccc(C(C)C)cc1)C(=O)NN. The summed E-state index contributed by atoms with van der Waals surface area (Å²) in [5.41, 5.74) is 3.27. The van der Waals surface area contributed by atoms with Crippen LogP contribution in [0.25, 0.3) is 0 Å². The van der Waals surface area contributed by atoms with Gasteiger partial charge in [-0.25, -0.2) is 5.84 Å². The number of benzene rings is 1. The van der Waals surface area contributed by atoms with Crippen molar-refractivity contribution in [3.8, 4) is 5.75 Å². The summed E-state index contributed by atoms with van der Waals surface area (Å²) in [4.78, 5) is 11.4. The van der Waals surface area contributed by atoms with Gasteiger partial charge in [0.05, 0.1) is 6.61 Å². The fourth-order valence-corrected chi connectivity index (χ4v) is 1.50. The zero-order valence-electron chi connectivity index (χ0n) is 11.0. The Morgan fingerprint density at radius 1 is 1.33 bits per heavy atom. The lowest BCUT2D eigenvalue weighted by Crippen LogP contribution is -2.44. The molecule has 18 heavy (non-hydrogen) atoms. The number of ether oxygens (including phenoxy) is 2. The molecular formula is C13H20N2O3. The molecule has 1 rings (SSSR count). The quantitative estimate of drug-likeness (QED) is 0.453. The Labute approximate surface area is 107 Å². The van der Waals surface area contributed by atoms with Gasteiger partial charge in [-0.1, -0.05) is 26.0 Å². The molecule has 1 atom stereocenters. The lowest BCUT2D eigenvalue weighted by atomic mass is 10.0. The Bertz CT molecular complexity index is 376. The Kier molecular flexibility index (Phi) is 5.61. The molecule has 0 radical (unpaired) electrons. The molecular weight excluding hydrogens is 232 g/mol. The maximum Gasteiger partial charge on any atom is 0.277 e. The molecule has 0 aliphatic rings. The topological polar surface area (TPSA) is 73.6 Å². The molecule has 0 bridgehead atoms. The molecule has 1 aromatic carbocycles. The minimum atomic E-state index is -0.745. The van der Waals surface area contributed by atoms with Crippen molar-refractivity contribution >= 4 is 5.91 Å². The molecule has 3 N–H and O–H groups in total. The predicted octanol–water partition coefficient (Wildman–Crippen LogP) is 1.19. The van der Waals surface area contributed by atoms with Crippen LogP contribution in [0, 0.1) is 0 Å². The lowest BCUT2D eigenvalue weighted by molar-refractivity contribution is -0.130. The van der Waals surface area contributed by atoms with E-state index in [1.165, 1.54) is 12.7 Å². The third-order valence-electron chi connectivity index (χ3n) is 2.58. The average Bonchev–Trinajstić information content (AvgIpc) is 2.38. The van der Waals surface area contributed by atoms with Crippen molar-refractivity contribution in [3.05, 3.63) is 29.8 Å². The highest BCUT2D eigenvalue weighted by atomic mass is 16.5. The highest BCUT2D eigenvalue weighted by Gasteiger charge is 2.19. The summed E-state index contributed by atoms with van der Waals surface area (Å²) >= 11 is 0. The van der Waals surface area contributed by atoms with Gasteiger partial charge in [-0.05, 0) is 23.6 Å². The van der Waals surface area contributed by atoms with Gasteiger partial charge in [-0.3, -0.25) is 10.2 Å². The number of hydrogen-bond acceptors (Lipinski definition) is 4. The van der Waals surface area contributed by atoms with Gasteiger partial charge in [-0.2, -0.15) is 0 Å². The molecule has 1 unspecified atom stereocenters. The van der Waals surface area contributed by atoms with Gasteiger partial charge in [0.15, 0.2) is 0 Å². The van der Waals surface area contributed by atoms with E-state index < -0.39 is 12.0 Å². The van der Waals surface area contributed by atoms with Gasteiger partial charge in [0, 0.05) is 7.11 Å². The summed E-state index contributed by atoms with van der Waals surface area (Å²) in [5.74, 6) is 5.75. The summed E-state index contributed by atoms with van der Waals surface area (Å²) in [6, 6.07) is 7.62. The molecule has 0 heterocycles. The predicted molar refractivity (Wildman–Crippen MR) is 69.2 cm³/mol.